The highest BCUT2D eigenvalue weighted by Crippen LogP contribution is 2.26. The summed E-state index contributed by atoms with van der Waals surface area (Å²) in [5.41, 5.74) is 0.945. The Hall–Kier alpha value is -0.970. The lowest BCUT2D eigenvalue weighted by Crippen LogP contribution is -2.15. The van der Waals surface area contributed by atoms with E-state index in [0.717, 1.165) is 0 Å². The van der Waals surface area contributed by atoms with Crippen LogP contribution in [0.25, 0.3) is 0 Å². The average Bonchev–Trinajstić information content (AvgIpc) is 2.42. The molecule has 116 valence electrons. The molecule has 0 aliphatic carbocycles. The number of benzene rings is 2. The molecule has 0 heterocycles. The molecule has 2 aromatic rings. The number of rotatable bonds is 2. The van der Waals surface area contributed by atoms with Gasteiger partial charge in [-0.3, -0.25) is 0 Å². The second kappa shape index (κ2) is 7.07. The van der Waals surface area contributed by atoms with Gasteiger partial charge in [0.1, 0.15) is 23.1 Å². The van der Waals surface area contributed by atoms with Gasteiger partial charge < -0.3 is 9.47 Å². The van der Waals surface area contributed by atoms with Gasteiger partial charge in [-0.1, -0.05) is 0 Å². The van der Waals surface area contributed by atoms with Crippen LogP contribution in [0.2, 0.25) is 0 Å². The van der Waals surface area contributed by atoms with Crippen LogP contribution in [-0.4, -0.2) is 6.16 Å². The first kappa shape index (κ1) is 17.4. The summed E-state index contributed by atoms with van der Waals surface area (Å²) in [6, 6.07) is 5.37. The van der Waals surface area contributed by atoms with Gasteiger partial charge in [-0.25, -0.2) is 13.6 Å². The lowest BCUT2D eigenvalue weighted by Gasteiger charge is -2.10. The molecule has 22 heavy (non-hydrogen) atoms. The molecule has 0 aliphatic heterocycles. The largest absolute Gasteiger partial charge is 0.519 e. The number of hydrogen-bond donors (Lipinski definition) is 0. The predicted octanol–water partition coefficient (Wildman–Crippen LogP) is 5.37. The summed E-state index contributed by atoms with van der Waals surface area (Å²) in [5.74, 6) is -0.346. The average molecular weight is 530 g/mol. The summed E-state index contributed by atoms with van der Waals surface area (Å²) >= 11 is 3.60. The van der Waals surface area contributed by atoms with Gasteiger partial charge in [-0.15, -0.1) is 0 Å². The molecule has 3 nitrogen and oxygen atoms in total. The Kier molecular flexibility index (Phi) is 5.59. The van der Waals surface area contributed by atoms with Crippen molar-refractivity contribution >= 4 is 51.3 Å². The zero-order chi connectivity index (χ0) is 16.4. The summed E-state index contributed by atoms with van der Waals surface area (Å²) in [5, 5.41) is 0. The normalized spacial score (nSPS) is 10.5. The minimum Gasteiger partial charge on any atom is -0.394 e. The highest BCUT2D eigenvalue weighted by atomic mass is 127. The predicted molar refractivity (Wildman–Crippen MR) is 94.4 cm³/mol. The van der Waals surface area contributed by atoms with E-state index in [-0.39, 0.29) is 23.1 Å². The Morgan fingerprint density at radius 1 is 0.864 bits per heavy atom. The third kappa shape index (κ3) is 4.06. The van der Waals surface area contributed by atoms with Crippen molar-refractivity contribution in [2.45, 2.75) is 13.8 Å². The Labute approximate surface area is 153 Å². The second-order valence-corrected chi connectivity index (χ2v) is 6.84. The SMILES string of the molecule is Cc1cc(F)c(I)cc1OC(=O)Oc1cc(I)c(F)cc1C. The van der Waals surface area contributed by atoms with Crippen molar-refractivity contribution in [1.29, 1.82) is 0 Å². The van der Waals surface area contributed by atoms with Crippen LogP contribution in [0.4, 0.5) is 13.6 Å². The quantitative estimate of drug-likeness (QED) is 0.298. The number of ether oxygens (including phenoxy) is 2. The molecular weight excluding hydrogens is 520 g/mol. The molecule has 0 spiro atoms. The molecule has 0 fully saturated rings. The zero-order valence-electron chi connectivity index (χ0n) is 11.5. The fraction of sp³-hybridized carbons (Fsp3) is 0.133. The molecule has 0 amide bonds. The first-order chi connectivity index (χ1) is 10.3. The summed E-state index contributed by atoms with van der Waals surface area (Å²) in [6.07, 6.45) is -0.962. The van der Waals surface area contributed by atoms with Gasteiger partial charge in [0.2, 0.25) is 0 Å². The van der Waals surface area contributed by atoms with E-state index in [0.29, 0.717) is 18.3 Å². The van der Waals surface area contributed by atoms with E-state index in [9.17, 15) is 13.6 Å². The van der Waals surface area contributed by atoms with E-state index in [1.807, 2.05) is 0 Å². The van der Waals surface area contributed by atoms with Gasteiger partial charge in [0, 0.05) is 0 Å². The van der Waals surface area contributed by atoms with Crippen molar-refractivity contribution in [3.8, 4) is 11.5 Å². The first-order valence-electron chi connectivity index (χ1n) is 6.09. The van der Waals surface area contributed by atoms with Crippen LogP contribution in [0, 0.1) is 32.6 Å². The van der Waals surface area contributed by atoms with E-state index < -0.39 is 6.16 Å². The first-order valence-corrected chi connectivity index (χ1v) is 8.24. The van der Waals surface area contributed by atoms with E-state index >= 15 is 0 Å². The Balaban J connectivity index is 2.17. The van der Waals surface area contributed by atoms with E-state index in [1.54, 1.807) is 59.0 Å². The fourth-order valence-corrected chi connectivity index (χ4v) is 2.55. The molecule has 0 saturated heterocycles. The van der Waals surface area contributed by atoms with Crippen LogP contribution in [-0.2, 0) is 0 Å². The van der Waals surface area contributed by atoms with Crippen molar-refractivity contribution in [3.63, 3.8) is 0 Å². The number of carbonyl (C=O) groups is 1. The monoisotopic (exact) mass is 530 g/mol. The molecule has 0 radical (unpaired) electrons. The standard InChI is InChI=1S/C15H10F2I2O3/c1-7-3-9(16)11(18)5-13(7)21-15(20)22-14-6-12(19)10(17)4-8(14)2/h3-6H,1-2H3. The van der Waals surface area contributed by atoms with E-state index in [2.05, 4.69) is 0 Å². The third-order valence-electron chi connectivity index (χ3n) is 2.82. The molecule has 0 aromatic heterocycles. The molecule has 0 N–H and O–H groups in total. The van der Waals surface area contributed by atoms with Gasteiger partial charge >= 0.3 is 6.16 Å². The Morgan fingerprint density at radius 3 is 1.59 bits per heavy atom. The van der Waals surface area contributed by atoms with Crippen molar-refractivity contribution < 1.29 is 23.0 Å². The summed E-state index contributed by atoms with van der Waals surface area (Å²) in [7, 11) is 0. The van der Waals surface area contributed by atoms with Crippen LogP contribution in [0.3, 0.4) is 0 Å². The van der Waals surface area contributed by atoms with Crippen LogP contribution >= 0.6 is 45.2 Å². The molecular formula is C15H10F2I2O3. The van der Waals surface area contributed by atoms with Crippen LogP contribution in [0.15, 0.2) is 24.3 Å². The molecule has 0 unspecified atom stereocenters. The Bertz CT molecular complexity index is 687. The molecule has 2 rings (SSSR count). The molecule has 0 aliphatic rings. The van der Waals surface area contributed by atoms with Gasteiger partial charge in [-0.2, -0.15) is 0 Å². The maximum absolute atomic E-state index is 13.4. The maximum atomic E-state index is 13.4. The Morgan fingerprint density at radius 2 is 1.23 bits per heavy atom. The van der Waals surface area contributed by atoms with Crippen LogP contribution < -0.4 is 9.47 Å². The van der Waals surface area contributed by atoms with Gasteiger partial charge in [0.05, 0.1) is 7.14 Å². The minimum absolute atomic E-state index is 0.213. The van der Waals surface area contributed by atoms with Crippen molar-refractivity contribution in [1.82, 2.24) is 0 Å². The lowest BCUT2D eigenvalue weighted by molar-refractivity contribution is 0.151. The lowest BCUT2D eigenvalue weighted by atomic mass is 10.2. The van der Waals surface area contributed by atoms with E-state index in [1.165, 1.54) is 24.3 Å². The number of carbonyl (C=O) groups excluding carboxylic acids is 1. The van der Waals surface area contributed by atoms with Crippen molar-refractivity contribution in [2.75, 3.05) is 0 Å². The molecule has 0 atom stereocenters. The van der Waals surface area contributed by atoms with Gasteiger partial charge in [0.25, 0.3) is 0 Å². The summed E-state index contributed by atoms with van der Waals surface area (Å²) in [6.45, 7) is 3.24. The molecule has 0 bridgehead atoms. The number of halogens is 4. The summed E-state index contributed by atoms with van der Waals surface area (Å²) in [4.78, 5) is 11.8. The van der Waals surface area contributed by atoms with Gasteiger partial charge in [-0.05, 0) is 94.4 Å². The fourth-order valence-electron chi connectivity index (χ4n) is 1.68. The number of aryl methyl sites for hydroxylation is 2. The van der Waals surface area contributed by atoms with E-state index in [4.69, 9.17) is 9.47 Å². The molecule has 0 saturated carbocycles. The maximum Gasteiger partial charge on any atom is 0.519 e. The zero-order valence-corrected chi connectivity index (χ0v) is 15.9. The third-order valence-corrected chi connectivity index (χ3v) is 4.48. The smallest absolute Gasteiger partial charge is 0.394 e. The van der Waals surface area contributed by atoms with Crippen molar-refractivity contribution in [3.05, 3.63) is 54.2 Å². The highest BCUT2D eigenvalue weighted by molar-refractivity contribution is 14.1. The second-order valence-electron chi connectivity index (χ2n) is 4.52. The minimum atomic E-state index is -0.962. The molecule has 2 aromatic carbocycles. The summed E-state index contributed by atoms with van der Waals surface area (Å²) < 4.78 is 37.6. The van der Waals surface area contributed by atoms with Gasteiger partial charge in [0.15, 0.2) is 0 Å². The van der Waals surface area contributed by atoms with Crippen molar-refractivity contribution in [2.24, 2.45) is 0 Å². The number of hydrogen-bond acceptors (Lipinski definition) is 3. The highest BCUT2D eigenvalue weighted by Gasteiger charge is 2.15. The molecule has 7 heteroatoms. The topological polar surface area (TPSA) is 35.5 Å². The van der Waals surface area contributed by atoms with Crippen LogP contribution in [0.5, 0.6) is 11.5 Å². The van der Waals surface area contributed by atoms with Crippen LogP contribution in [0.1, 0.15) is 11.1 Å².